The molecule has 0 fully saturated rings. The molecule has 2 aromatic rings. The fourth-order valence-corrected chi connectivity index (χ4v) is 1.36. The van der Waals surface area contributed by atoms with Gasteiger partial charge in [0.15, 0.2) is 5.82 Å². The Hall–Kier alpha value is -1.27. The van der Waals surface area contributed by atoms with Crippen LogP contribution in [-0.2, 0) is 6.61 Å². The minimum atomic E-state index is -0.116. The maximum atomic E-state index is 8.85. The monoisotopic (exact) mass is 268 g/mol. The van der Waals surface area contributed by atoms with Crippen LogP contribution in [0.4, 0.5) is 0 Å². The van der Waals surface area contributed by atoms with Crippen LogP contribution in [-0.4, -0.2) is 25.1 Å². The summed E-state index contributed by atoms with van der Waals surface area (Å²) in [5.41, 5.74) is 1.41. The Morgan fingerprint density at radius 1 is 1.47 bits per heavy atom. The van der Waals surface area contributed by atoms with Gasteiger partial charge in [-0.3, -0.25) is 0 Å². The van der Waals surface area contributed by atoms with Crippen molar-refractivity contribution in [1.82, 2.24) is 20.0 Å². The minimum Gasteiger partial charge on any atom is -0.390 e. The quantitative estimate of drug-likeness (QED) is 0.890. The van der Waals surface area contributed by atoms with E-state index in [0.29, 0.717) is 11.5 Å². The predicted octanol–water partition coefficient (Wildman–Crippen LogP) is 1.23. The van der Waals surface area contributed by atoms with Crippen molar-refractivity contribution in [3.63, 3.8) is 0 Å². The first-order valence-corrected chi connectivity index (χ1v) is 5.15. The van der Waals surface area contributed by atoms with Gasteiger partial charge < -0.3 is 5.11 Å². The van der Waals surface area contributed by atoms with E-state index in [1.54, 1.807) is 6.20 Å². The van der Waals surface area contributed by atoms with Crippen molar-refractivity contribution < 1.29 is 5.11 Å². The highest BCUT2D eigenvalue weighted by Gasteiger charge is 2.04. The van der Waals surface area contributed by atoms with E-state index in [9.17, 15) is 0 Å². The molecule has 78 valence electrons. The Kier molecular flexibility index (Phi) is 2.79. The lowest BCUT2D eigenvalue weighted by atomic mass is 10.4. The summed E-state index contributed by atoms with van der Waals surface area (Å²) < 4.78 is 2.49. The number of aliphatic hydroxyl groups excluding tert-OH is 1. The topological polar surface area (TPSA) is 63.8 Å². The first kappa shape index (κ1) is 10.3. The lowest BCUT2D eigenvalue weighted by Gasteiger charge is -2.01. The summed E-state index contributed by atoms with van der Waals surface area (Å²) >= 11 is 3.37. The van der Waals surface area contributed by atoms with Crippen LogP contribution in [0, 0.1) is 6.92 Å². The smallest absolute Gasteiger partial charge is 0.155 e. The zero-order valence-corrected chi connectivity index (χ0v) is 9.64. The van der Waals surface area contributed by atoms with Crippen LogP contribution in [0.5, 0.6) is 0 Å². The Morgan fingerprint density at radius 2 is 2.27 bits per heavy atom. The third-order valence-electron chi connectivity index (χ3n) is 1.94. The summed E-state index contributed by atoms with van der Waals surface area (Å²) in [5, 5.41) is 16.5. The summed E-state index contributed by atoms with van der Waals surface area (Å²) in [6.45, 7) is 1.78. The normalized spacial score (nSPS) is 10.6. The lowest BCUT2D eigenvalue weighted by Crippen LogP contribution is -1.99. The standard InChI is InChI=1S/C9H9BrN4O/c1-6-8(10)2-3-9(11-6)14-4-7(5-15)12-13-14/h2-4,15H,5H2,1H3. The molecule has 15 heavy (non-hydrogen) atoms. The molecule has 0 unspecified atom stereocenters. The average molecular weight is 269 g/mol. The van der Waals surface area contributed by atoms with Crippen molar-refractivity contribution in [2.75, 3.05) is 0 Å². The Bertz CT molecular complexity index is 483. The van der Waals surface area contributed by atoms with E-state index in [0.717, 1.165) is 10.2 Å². The Balaban J connectivity index is 2.40. The minimum absolute atomic E-state index is 0.116. The second-order valence-electron chi connectivity index (χ2n) is 3.05. The average Bonchev–Trinajstić information content (AvgIpc) is 2.70. The van der Waals surface area contributed by atoms with E-state index in [1.807, 2.05) is 19.1 Å². The second-order valence-corrected chi connectivity index (χ2v) is 3.90. The van der Waals surface area contributed by atoms with Crippen LogP contribution in [0.15, 0.2) is 22.8 Å². The van der Waals surface area contributed by atoms with Crippen molar-refractivity contribution in [1.29, 1.82) is 0 Å². The molecule has 0 aliphatic carbocycles. The van der Waals surface area contributed by atoms with Crippen LogP contribution in [0.3, 0.4) is 0 Å². The predicted molar refractivity (Wildman–Crippen MR) is 57.5 cm³/mol. The molecule has 0 radical (unpaired) electrons. The first-order chi connectivity index (χ1) is 7.20. The number of aliphatic hydroxyl groups is 1. The molecule has 5 nitrogen and oxygen atoms in total. The molecule has 0 aromatic carbocycles. The van der Waals surface area contributed by atoms with E-state index >= 15 is 0 Å². The van der Waals surface area contributed by atoms with Gasteiger partial charge >= 0.3 is 0 Å². The molecule has 0 saturated carbocycles. The molecule has 2 aromatic heterocycles. The fourth-order valence-electron chi connectivity index (χ4n) is 1.14. The number of hydrogen-bond donors (Lipinski definition) is 1. The van der Waals surface area contributed by atoms with Crippen LogP contribution in [0.2, 0.25) is 0 Å². The number of aromatic nitrogens is 4. The third kappa shape index (κ3) is 2.05. The van der Waals surface area contributed by atoms with Crippen LogP contribution < -0.4 is 0 Å². The van der Waals surface area contributed by atoms with Crippen molar-refractivity contribution in [3.8, 4) is 5.82 Å². The van der Waals surface area contributed by atoms with E-state index in [-0.39, 0.29) is 6.61 Å². The molecule has 2 heterocycles. The third-order valence-corrected chi connectivity index (χ3v) is 2.78. The maximum absolute atomic E-state index is 8.85. The van der Waals surface area contributed by atoms with Gasteiger partial charge in [-0.15, -0.1) is 5.10 Å². The van der Waals surface area contributed by atoms with Crippen LogP contribution in [0.25, 0.3) is 5.82 Å². The van der Waals surface area contributed by atoms with Gasteiger partial charge in [0.2, 0.25) is 0 Å². The zero-order valence-electron chi connectivity index (χ0n) is 8.05. The van der Waals surface area contributed by atoms with Crippen molar-refractivity contribution in [3.05, 3.63) is 34.2 Å². The Morgan fingerprint density at radius 3 is 2.87 bits per heavy atom. The molecule has 0 aliphatic heterocycles. The van der Waals surface area contributed by atoms with Gasteiger partial charge in [-0.1, -0.05) is 5.21 Å². The number of rotatable bonds is 2. The van der Waals surface area contributed by atoms with Crippen molar-refractivity contribution in [2.24, 2.45) is 0 Å². The molecule has 6 heteroatoms. The number of hydrogen-bond acceptors (Lipinski definition) is 4. The van der Waals surface area contributed by atoms with Crippen LogP contribution >= 0.6 is 15.9 Å². The highest BCUT2D eigenvalue weighted by molar-refractivity contribution is 9.10. The van der Waals surface area contributed by atoms with Gasteiger partial charge in [-0.05, 0) is 35.0 Å². The van der Waals surface area contributed by atoms with Gasteiger partial charge in [0.05, 0.1) is 18.5 Å². The molecular weight excluding hydrogens is 260 g/mol. The molecular formula is C9H9BrN4O. The summed E-state index contributed by atoms with van der Waals surface area (Å²) in [6.07, 6.45) is 1.65. The number of halogens is 1. The SMILES string of the molecule is Cc1nc(-n2cc(CO)nn2)ccc1Br. The molecule has 0 amide bonds. The van der Waals surface area contributed by atoms with E-state index in [1.165, 1.54) is 4.68 Å². The van der Waals surface area contributed by atoms with Gasteiger partial charge in [0, 0.05) is 4.47 Å². The maximum Gasteiger partial charge on any atom is 0.155 e. The summed E-state index contributed by atoms with van der Waals surface area (Å²) in [6, 6.07) is 3.73. The van der Waals surface area contributed by atoms with Crippen molar-refractivity contribution >= 4 is 15.9 Å². The lowest BCUT2D eigenvalue weighted by molar-refractivity contribution is 0.276. The number of pyridine rings is 1. The van der Waals surface area contributed by atoms with Gasteiger partial charge in [-0.25, -0.2) is 9.67 Å². The van der Waals surface area contributed by atoms with Crippen molar-refractivity contribution in [2.45, 2.75) is 13.5 Å². The molecule has 0 atom stereocenters. The van der Waals surface area contributed by atoms with Gasteiger partial charge in [0.1, 0.15) is 5.69 Å². The Labute approximate surface area is 94.9 Å². The first-order valence-electron chi connectivity index (χ1n) is 4.36. The van der Waals surface area contributed by atoms with Crippen LogP contribution in [0.1, 0.15) is 11.4 Å². The van der Waals surface area contributed by atoms with E-state index in [2.05, 4.69) is 31.2 Å². The summed E-state index contributed by atoms with van der Waals surface area (Å²) in [5.74, 6) is 0.683. The molecule has 0 aliphatic rings. The zero-order chi connectivity index (χ0) is 10.8. The molecule has 2 rings (SSSR count). The largest absolute Gasteiger partial charge is 0.390 e. The molecule has 1 N–H and O–H groups in total. The second kappa shape index (κ2) is 4.08. The van der Waals surface area contributed by atoms with Gasteiger partial charge in [0.25, 0.3) is 0 Å². The highest BCUT2D eigenvalue weighted by Crippen LogP contribution is 2.15. The number of aryl methyl sites for hydroxylation is 1. The molecule has 0 saturated heterocycles. The molecule has 0 spiro atoms. The summed E-state index contributed by atoms with van der Waals surface area (Å²) in [4.78, 5) is 4.32. The van der Waals surface area contributed by atoms with Gasteiger partial charge in [-0.2, -0.15) is 0 Å². The summed E-state index contributed by atoms with van der Waals surface area (Å²) in [7, 11) is 0. The number of nitrogens with zero attached hydrogens (tertiary/aromatic N) is 4. The van der Waals surface area contributed by atoms with E-state index < -0.39 is 0 Å². The molecule has 0 bridgehead atoms. The highest BCUT2D eigenvalue weighted by atomic mass is 79.9. The fraction of sp³-hybridized carbons (Fsp3) is 0.222. The van der Waals surface area contributed by atoms with E-state index in [4.69, 9.17) is 5.11 Å².